The zero-order valence-corrected chi connectivity index (χ0v) is 18.8. The van der Waals surface area contributed by atoms with E-state index < -0.39 is 5.60 Å². The van der Waals surface area contributed by atoms with Crippen molar-refractivity contribution in [3.63, 3.8) is 0 Å². The van der Waals surface area contributed by atoms with Gasteiger partial charge in [-0.1, -0.05) is 0 Å². The monoisotopic (exact) mass is 451 g/mol. The number of rotatable bonds is 6. The number of nitrogens with zero attached hydrogens (tertiary/aromatic N) is 4. The van der Waals surface area contributed by atoms with Crippen LogP contribution >= 0.6 is 0 Å². The number of fused-ring (bicyclic) bond motifs is 2. The van der Waals surface area contributed by atoms with Crippen molar-refractivity contribution < 1.29 is 14.6 Å². The zero-order chi connectivity index (χ0) is 22.8. The summed E-state index contributed by atoms with van der Waals surface area (Å²) in [5.74, 6) is 1.44. The fourth-order valence-electron chi connectivity index (χ4n) is 4.61. The molecule has 174 valence electrons. The van der Waals surface area contributed by atoms with Gasteiger partial charge < -0.3 is 19.9 Å². The van der Waals surface area contributed by atoms with Gasteiger partial charge >= 0.3 is 0 Å². The fourth-order valence-corrected chi connectivity index (χ4v) is 4.61. The average Bonchev–Trinajstić information content (AvgIpc) is 2.83. The molecule has 3 aromatic heterocycles. The Balaban J connectivity index is 1.16. The van der Waals surface area contributed by atoms with Crippen molar-refractivity contribution in [3.8, 4) is 11.5 Å². The van der Waals surface area contributed by atoms with E-state index >= 15 is 0 Å². The highest BCUT2D eigenvalue weighted by molar-refractivity contribution is 5.69. The molecule has 0 amide bonds. The standard InChI is InChI=1S/C24H29N5O4/c1-16-13-27-19-2-3-22(30)29(23(19)28-16)9-8-24(31)6-4-17(5-7-24)25-14-18-12-20-21(15-26-18)33-11-10-32-20/h2-3,12-13,15,17,25,31H,4-11,14H2,1H3. The maximum absolute atomic E-state index is 12.5. The Morgan fingerprint density at radius 3 is 2.76 bits per heavy atom. The molecule has 1 fully saturated rings. The maximum atomic E-state index is 12.5. The summed E-state index contributed by atoms with van der Waals surface area (Å²) in [6.45, 7) is 4.03. The van der Waals surface area contributed by atoms with E-state index in [0.29, 0.717) is 68.5 Å². The number of aryl methyl sites for hydroxylation is 2. The van der Waals surface area contributed by atoms with Gasteiger partial charge in [0.15, 0.2) is 17.1 Å². The first-order chi connectivity index (χ1) is 16.0. The molecule has 5 rings (SSSR count). The molecule has 0 atom stereocenters. The van der Waals surface area contributed by atoms with Crippen molar-refractivity contribution in [3.05, 3.63) is 52.3 Å². The molecule has 0 saturated heterocycles. The largest absolute Gasteiger partial charge is 0.486 e. The first-order valence-corrected chi connectivity index (χ1v) is 11.5. The summed E-state index contributed by atoms with van der Waals surface area (Å²) in [4.78, 5) is 25.8. The van der Waals surface area contributed by atoms with Crippen LogP contribution in [0.25, 0.3) is 11.2 Å². The van der Waals surface area contributed by atoms with Gasteiger partial charge in [-0.15, -0.1) is 0 Å². The van der Waals surface area contributed by atoms with E-state index in [1.165, 1.54) is 6.07 Å². The van der Waals surface area contributed by atoms with Crippen LogP contribution in [-0.2, 0) is 13.1 Å². The maximum Gasteiger partial charge on any atom is 0.252 e. The number of aliphatic hydroxyl groups is 1. The van der Waals surface area contributed by atoms with Crippen LogP contribution in [0.4, 0.5) is 0 Å². The lowest BCUT2D eigenvalue weighted by Gasteiger charge is -2.36. The minimum Gasteiger partial charge on any atom is -0.486 e. The van der Waals surface area contributed by atoms with Gasteiger partial charge in [0.05, 0.1) is 23.2 Å². The second-order valence-electron chi connectivity index (χ2n) is 8.99. The van der Waals surface area contributed by atoms with Crippen LogP contribution in [0.5, 0.6) is 11.5 Å². The first-order valence-electron chi connectivity index (χ1n) is 11.5. The summed E-state index contributed by atoms with van der Waals surface area (Å²) in [6, 6.07) is 5.45. The van der Waals surface area contributed by atoms with Crippen molar-refractivity contribution in [1.29, 1.82) is 0 Å². The van der Waals surface area contributed by atoms with Gasteiger partial charge in [0.1, 0.15) is 18.7 Å². The molecule has 0 spiro atoms. The summed E-state index contributed by atoms with van der Waals surface area (Å²) in [6.07, 6.45) is 7.02. The molecule has 1 saturated carbocycles. The van der Waals surface area contributed by atoms with Crippen molar-refractivity contribution in [2.45, 2.75) is 63.8 Å². The van der Waals surface area contributed by atoms with E-state index in [-0.39, 0.29) is 5.56 Å². The van der Waals surface area contributed by atoms with E-state index in [1.54, 1.807) is 23.0 Å². The van der Waals surface area contributed by atoms with E-state index in [9.17, 15) is 9.90 Å². The molecule has 4 heterocycles. The highest BCUT2D eigenvalue weighted by atomic mass is 16.6. The van der Waals surface area contributed by atoms with Crippen LogP contribution in [0, 0.1) is 6.92 Å². The Morgan fingerprint density at radius 1 is 1.15 bits per heavy atom. The van der Waals surface area contributed by atoms with E-state index in [1.807, 2.05) is 13.0 Å². The van der Waals surface area contributed by atoms with Crippen molar-refractivity contribution >= 4 is 11.2 Å². The van der Waals surface area contributed by atoms with E-state index in [4.69, 9.17) is 9.47 Å². The zero-order valence-electron chi connectivity index (χ0n) is 18.8. The SMILES string of the molecule is Cc1cnc2ccc(=O)n(CCC3(O)CCC(NCc4cc5c(cn4)OCCO5)CC3)c2n1. The molecule has 0 radical (unpaired) electrons. The van der Waals surface area contributed by atoms with Gasteiger partial charge in [0.25, 0.3) is 5.56 Å². The molecule has 1 aliphatic carbocycles. The summed E-state index contributed by atoms with van der Waals surface area (Å²) >= 11 is 0. The van der Waals surface area contributed by atoms with E-state index in [2.05, 4.69) is 20.3 Å². The molecule has 0 aromatic carbocycles. The topological polar surface area (TPSA) is 111 Å². The molecule has 2 aliphatic rings. The summed E-state index contributed by atoms with van der Waals surface area (Å²) in [7, 11) is 0. The predicted molar refractivity (Wildman–Crippen MR) is 122 cm³/mol. The number of pyridine rings is 2. The first kappa shape index (κ1) is 21.8. The Labute approximate surface area is 191 Å². The third-order valence-electron chi connectivity index (χ3n) is 6.58. The lowest BCUT2D eigenvalue weighted by atomic mass is 9.80. The molecule has 0 unspecified atom stereocenters. The molecule has 9 heteroatoms. The lowest BCUT2D eigenvalue weighted by molar-refractivity contribution is -0.0144. The van der Waals surface area contributed by atoms with Gasteiger partial charge in [-0.2, -0.15) is 0 Å². The molecule has 0 bridgehead atoms. The van der Waals surface area contributed by atoms with Gasteiger partial charge in [0, 0.05) is 37.5 Å². The van der Waals surface area contributed by atoms with Crippen LogP contribution in [-0.4, -0.2) is 49.5 Å². The smallest absolute Gasteiger partial charge is 0.252 e. The fraction of sp³-hybridized carbons (Fsp3) is 0.500. The van der Waals surface area contributed by atoms with Gasteiger partial charge in [0.2, 0.25) is 0 Å². The van der Waals surface area contributed by atoms with Crippen molar-refractivity contribution in [2.24, 2.45) is 0 Å². The predicted octanol–water partition coefficient (Wildman–Crippen LogP) is 2.12. The number of aromatic nitrogens is 4. The van der Waals surface area contributed by atoms with Crippen LogP contribution in [0.2, 0.25) is 0 Å². The number of ether oxygens (including phenoxy) is 2. The summed E-state index contributed by atoms with van der Waals surface area (Å²) in [5.41, 5.74) is 2.03. The van der Waals surface area contributed by atoms with E-state index in [0.717, 1.165) is 30.0 Å². The van der Waals surface area contributed by atoms with Crippen LogP contribution < -0.4 is 20.3 Å². The van der Waals surface area contributed by atoms with Gasteiger partial charge in [-0.05, 0) is 45.1 Å². The second-order valence-corrected chi connectivity index (χ2v) is 8.99. The number of nitrogens with one attached hydrogen (secondary N) is 1. The Kier molecular flexibility index (Phi) is 5.99. The Bertz CT molecular complexity index is 1200. The Morgan fingerprint density at radius 2 is 1.94 bits per heavy atom. The normalized spacial score (nSPS) is 22.4. The quantitative estimate of drug-likeness (QED) is 0.586. The molecular formula is C24H29N5O4. The molecule has 2 N–H and O–H groups in total. The highest BCUT2D eigenvalue weighted by Crippen LogP contribution is 2.32. The average molecular weight is 452 g/mol. The van der Waals surface area contributed by atoms with Crippen LogP contribution in [0.15, 0.2) is 35.4 Å². The third-order valence-corrected chi connectivity index (χ3v) is 6.58. The number of hydrogen-bond acceptors (Lipinski definition) is 8. The number of hydrogen-bond donors (Lipinski definition) is 2. The second kappa shape index (κ2) is 9.07. The van der Waals surface area contributed by atoms with Gasteiger partial charge in [-0.25, -0.2) is 4.98 Å². The minimum atomic E-state index is -0.785. The van der Waals surface area contributed by atoms with Crippen molar-refractivity contribution in [2.75, 3.05) is 13.2 Å². The molecular weight excluding hydrogens is 422 g/mol. The minimum absolute atomic E-state index is 0.117. The molecule has 9 nitrogen and oxygen atoms in total. The van der Waals surface area contributed by atoms with Crippen molar-refractivity contribution in [1.82, 2.24) is 24.8 Å². The summed E-state index contributed by atoms with van der Waals surface area (Å²) < 4.78 is 12.8. The summed E-state index contributed by atoms with van der Waals surface area (Å²) in [5, 5.41) is 14.7. The van der Waals surface area contributed by atoms with Crippen LogP contribution in [0.1, 0.15) is 43.5 Å². The lowest BCUT2D eigenvalue weighted by Crippen LogP contribution is -2.42. The molecule has 33 heavy (non-hydrogen) atoms. The van der Waals surface area contributed by atoms with Crippen LogP contribution in [0.3, 0.4) is 0 Å². The Hall–Kier alpha value is -3.04. The van der Waals surface area contributed by atoms with Gasteiger partial charge in [-0.3, -0.25) is 19.3 Å². The molecule has 1 aliphatic heterocycles. The third kappa shape index (κ3) is 4.84. The molecule has 3 aromatic rings. The highest BCUT2D eigenvalue weighted by Gasteiger charge is 2.33.